The standard InChI is InChI=1S/C24H43N7/c1-25-23(26-16-11-13-22-29-28-21-12-5-2-10-19-31(21)22)27-20-24(14-6-3-7-15-24)30-17-8-4-9-18-30/h2-20H2,1H3,(H2,25,26,27). The minimum atomic E-state index is 0.329. The topological polar surface area (TPSA) is 70.4 Å². The molecule has 2 N–H and O–H groups in total. The smallest absolute Gasteiger partial charge is 0.191 e. The van der Waals surface area contributed by atoms with E-state index in [1.54, 1.807) is 0 Å². The summed E-state index contributed by atoms with van der Waals surface area (Å²) in [4.78, 5) is 7.31. The average molecular weight is 430 g/mol. The van der Waals surface area contributed by atoms with Crippen LogP contribution < -0.4 is 10.6 Å². The second-order valence-electron chi connectivity index (χ2n) is 9.78. The lowest BCUT2D eigenvalue weighted by molar-refractivity contribution is 0.0368. The SMILES string of the molecule is CN=C(NCCCc1nnc2n1CCCCC2)NCC1(N2CCCCC2)CCCCC1. The molecule has 0 aromatic carbocycles. The summed E-state index contributed by atoms with van der Waals surface area (Å²) in [5, 5.41) is 16.1. The minimum Gasteiger partial charge on any atom is -0.356 e. The van der Waals surface area contributed by atoms with Crippen LogP contribution >= 0.6 is 0 Å². The number of aryl methyl sites for hydroxylation is 2. The number of hydrogen-bond acceptors (Lipinski definition) is 4. The summed E-state index contributed by atoms with van der Waals surface area (Å²) in [6, 6.07) is 0. The molecular formula is C24H43N7. The van der Waals surface area contributed by atoms with Crippen LogP contribution in [0.5, 0.6) is 0 Å². The van der Waals surface area contributed by atoms with Crippen molar-refractivity contribution in [1.82, 2.24) is 30.3 Å². The third-order valence-corrected chi connectivity index (χ3v) is 7.68. The van der Waals surface area contributed by atoms with Gasteiger partial charge in [0.25, 0.3) is 0 Å². The summed E-state index contributed by atoms with van der Waals surface area (Å²) in [6.07, 6.45) is 17.8. The van der Waals surface area contributed by atoms with Gasteiger partial charge in [0.1, 0.15) is 11.6 Å². The van der Waals surface area contributed by atoms with Gasteiger partial charge in [0.05, 0.1) is 0 Å². The molecule has 0 spiro atoms. The van der Waals surface area contributed by atoms with E-state index in [0.717, 1.165) is 50.7 Å². The Bertz CT molecular complexity index is 699. The Morgan fingerprint density at radius 2 is 1.65 bits per heavy atom. The van der Waals surface area contributed by atoms with Crippen molar-refractivity contribution in [3.05, 3.63) is 11.6 Å². The van der Waals surface area contributed by atoms with Crippen LogP contribution in [0.25, 0.3) is 0 Å². The Morgan fingerprint density at radius 3 is 2.45 bits per heavy atom. The van der Waals surface area contributed by atoms with Crippen molar-refractivity contribution < 1.29 is 0 Å². The second-order valence-corrected chi connectivity index (χ2v) is 9.78. The van der Waals surface area contributed by atoms with Crippen LogP contribution in [0.2, 0.25) is 0 Å². The summed E-state index contributed by atoms with van der Waals surface area (Å²) in [7, 11) is 1.89. The molecule has 2 fully saturated rings. The normalized spacial score (nSPS) is 22.5. The van der Waals surface area contributed by atoms with Gasteiger partial charge in [0.15, 0.2) is 5.96 Å². The molecule has 0 amide bonds. The van der Waals surface area contributed by atoms with Gasteiger partial charge in [0.2, 0.25) is 0 Å². The van der Waals surface area contributed by atoms with E-state index in [4.69, 9.17) is 0 Å². The molecule has 1 saturated carbocycles. The number of likely N-dealkylation sites (tertiary alicyclic amines) is 1. The highest BCUT2D eigenvalue weighted by Crippen LogP contribution is 2.35. The number of nitrogens with zero attached hydrogens (tertiary/aromatic N) is 5. The van der Waals surface area contributed by atoms with Crippen molar-refractivity contribution in [1.29, 1.82) is 0 Å². The molecule has 3 aliphatic rings. The number of piperidine rings is 1. The summed E-state index contributed by atoms with van der Waals surface area (Å²) in [6.45, 7) is 5.57. The molecule has 3 heterocycles. The Balaban J connectivity index is 1.24. The van der Waals surface area contributed by atoms with Crippen LogP contribution in [0.15, 0.2) is 4.99 Å². The predicted octanol–water partition coefficient (Wildman–Crippen LogP) is 3.29. The number of rotatable bonds is 7. The summed E-state index contributed by atoms with van der Waals surface area (Å²) < 4.78 is 2.37. The predicted molar refractivity (Wildman–Crippen MR) is 127 cm³/mol. The van der Waals surface area contributed by atoms with Gasteiger partial charge >= 0.3 is 0 Å². The third kappa shape index (κ3) is 5.79. The summed E-state index contributed by atoms with van der Waals surface area (Å²) in [5.41, 5.74) is 0.329. The van der Waals surface area contributed by atoms with Crippen LogP contribution in [0.3, 0.4) is 0 Å². The highest BCUT2D eigenvalue weighted by atomic mass is 15.3. The van der Waals surface area contributed by atoms with Gasteiger partial charge in [-0.1, -0.05) is 32.1 Å². The molecule has 0 bridgehead atoms. The Hall–Kier alpha value is -1.63. The monoisotopic (exact) mass is 429 g/mol. The first-order chi connectivity index (χ1) is 15.3. The van der Waals surface area contributed by atoms with Crippen molar-refractivity contribution >= 4 is 5.96 Å². The fourth-order valence-electron chi connectivity index (χ4n) is 5.84. The molecule has 4 rings (SSSR count). The van der Waals surface area contributed by atoms with Gasteiger partial charge in [0, 0.05) is 45.1 Å². The van der Waals surface area contributed by atoms with E-state index in [2.05, 4.69) is 35.3 Å². The van der Waals surface area contributed by atoms with Crippen LogP contribution in [0, 0.1) is 0 Å². The Morgan fingerprint density at radius 1 is 0.903 bits per heavy atom. The summed E-state index contributed by atoms with van der Waals surface area (Å²) in [5.74, 6) is 3.29. The van der Waals surface area contributed by atoms with Crippen LogP contribution in [-0.2, 0) is 19.4 Å². The maximum Gasteiger partial charge on any atom is 0.191 e. The van der Waals surface area contributed by atoms with Gasteiger partial charge in [-0.3, -0.25) is 9.89 Å². The highest BCUT2D eigenvalue weighted by Gasteiger charge is 2.38. The van der Waals surface area contributed by atoms with E-state index < -0.39 is 0 Å². The maximum atomic E-state index is 4.51. The molecule has 0 radical (unpaired) electrons. The molecular weight excluding hydrogens is 386 g/mol. The number of guanidine groups is 1. The molecule has 1 aromatic rings. The zero-order chi connectivity index (χ0) is 21.4. The van der Waals surface area contributed by atoms with E-state index in [-0.39, 0.29) is 0 Å². The van der Waals surface area contributed by atoms with Crippen LogP contribution in [0.4, 0.5) is 0 Å². The number of aliphatic imine (C=N–C) groups is 1. The minimum absolute atomic E-state index is 0.329. The van der Waals surface area contributed by atoms with Crippen molar-refractivity contribution in [2.45, 2.75) is 102 Å². The van der Waals surface area contributed by atoms with Gasteiger partial charge < -0.3 is 15.2 Å². The van der Waals surface area contributed by atoms with Gasteiger partial charge in [-0.15, -0.1) is 10.2 Å². The Kier molecular flexibility index (Phi) is 8.22. The molecule has 1 aromatic heterocycles. The number of nitrogens with one attached hydrogen (secondary N) is 2. The summed E-state index contributed by atoms with van der Waals surface area (Å²) >= 11 is 0. The number of hydrogen-bond donors (Lipinski definition) is 2. The molecule has 174 valence electrons. The largest absolute Gasteiger partial charge is 0.356 e. The van der Waals surface area contributed by atoms with Gasteiger partial charge in [-0.05, 0) is 58.0 Å². The van der Waals surface area contributed by atoms with E-state index in [9.17, 15) is 0 Å². The molecule has 0 unspecified atom stereocenters. The fraction of sp³-hybridized carbons (Fsp3) is 0.875. The maximum absolute atomic E-state index is 4.51. The molecule has 1 saturated heterocycles. The van der Waals surface area contributed by atoms with E-state index in [1.165, 1.54) is 89.5 Å². The van der Waals surface area contributed by atoms with E-state index >= 15 is 0 Å². The van der Waals surface area contributed by atoms with Crippen molar-refractivity contribution in [3.8, 4) is 0 Å². The molecule has 1 aliphatic carbocycles. The number of fused-ring (bicyclic) bond motifs is 1. The van der Waals surface area contributed by atoms with Crippen molar-refractivity contribution in [2.75, 3.05) is 33.2 Å². The lowest BCUT2D eigenvalue weighted by atomic mass is 9.79. The van der Waals surface area contributed by atoms with Crippen molar-refractivity contribution in [3.63, 3.8) is 0 Å². The zero-order valence-corrected chi connectivity index (χ0v) is 19.7. The Labute approximate surface area is 188 Å². The lowest BCUT2D eigenvalue weighted by Gasteiger charge is -2.48. The second kappa shape index (κ2) is 11.3. The van der Waals surface area contributed by atoms with Crippen LogP contribution in [-0.4, -0.2) is 64.4 Å². The van der Waals surface area contributed by atoms with Crippen LogP contribution in [0.1, 0.15) is 88.7 Å². The van der Waals surface area contributed by atoms with E-state index in [0.29, 0.717) is 5.54 Å². The first-order valence-electron chi connectivity index (χ1n) is 12.9. The quantitative estimate of drug-likeness (QED) is 0.395. The molecule has 31 heavy (non-hydrogen) atoms. The average Bonchev–Trinajstić information content (AvgIpc) is 3.05. The zero-order valence-electron chi connectivity index (χ0n) is 19.7. The molecule has 2 aliphatic heterocycles. The first kappa shape index (κ1) is 22.6. The van der Waals surface area contributed by atoms with Crippen molar-refractivity contribution in [2.24, 2.45) is 4.99 Å². The van der Waals surface area contributed by atoms with Gasteiger partial charge in [-0.2, -0.15) is 0 Å². The molecule has 0 atom stereocenters. The lowest BCUT2D eigenvalue weighted by Crippen LogP contribution is -2.59. The fourth-order valence-corrected chi connectivity index (χ4v) is 5.84. The first-order valence-corrected chi connectivity index (χ1v) is 12.9. The highest BCUT2D eigenvalue weighted by molar-refractivity contribution is 5.79. The third-order valence-electron chi connectivity index (χ3n) is 7.68. The van der Waals surface area contributed by atoms with E-state index in [1.807, 2.05) is 7.05 Å². The molecule has 7 nitrogen and oxygen atoms in total. The molecule has 7 heteroatoms. The number of aromatic nitrogens is 3. The van der Waals surface area contributed by atoms with Gasteiger partial charge in [-0.25, -0.2) is 0 Å².